The molecule has 0 spiro atoms. The number of benzene rings is 2. The van der Waals surface area contributed by atoms with Crippen LogP contribution in [0.15, 0.2) is 30.3 Å². The van der Waals surface area contributed by atoms with Crippen LogP contribution < -0.4 is 18.9 Å². The predicted octanol–water partition coefficient (Wildman–Crippen LogP) is 4.13. The lowest BCUT2D eigenvalue weighted by Gasteiger charge is -2.19. The summed E-state index contributed by atoms with van der Waals surface area (Å²) < 4.78 is 59.1. The molecule has 0 N–H and O–H groups in total. The van der Waals surface area contributed by atoms with E-state index in [2.05, 4.69) is 0 Å². The van der Waals surface area contributed by atoms with Gasteiger partial charge in [0.15, 0.2) is 23.0 Å². The first-order valence-corrected chi connectivity index (χ1v) is 7.37. The Bertz CT molecular complexity index is 768. The molecule has 0 aliphatic heterocycles. The molecule has 2 aromatic rings. The van der Waals surface area contributed by atoms with Crippen LogP contribution >= 0.6 is 0 Å². The summed E-state index contributed by atoms with van der Waals surface area (Å²) in [5.41, 5.74) is 0.431. The molecule has 0 aliphatic rings. The van der Waals surface area contributed by atoms with Crippen molar-refractivity contribution in [3.63, 3.8) is 0 Å². The van der Waals surface area contributed by atoms with Crippen molar-refractivity contribution < 1.29 is 36.9 Å². The molecule has 0 fully saturated rings. The number of halogens is 3. The van der Waals surface area contributed by atoms with Crippen LogP contribution in [0, 0.1) is 0 Å². The van der Waals surface area contributed by atoms with Crippen LogP contribution in [-0.4, -0.2) is 40.4 Å². The van der Waals surface area contributed by atoms with E-state index in [9.17, 15) is 18.0 Å². The van der Waals surface area contributed by atoms with E-state index in [-0.39, 0.29) is 0 Å². The van der Waals surface area contributed by atoms with Gasteiger partial charge in [-0.25, -0.2) is 0 Å². The molecule has 5 nitrogen and oxygen atoms in total. The Hall–Kier alpha value is -2.90. The molecule has 0 heterocycles. The van der Waals surface area contributed by atoms with Gasteiger partial charge in [0.25, 0.3) is 5.78 Å². The summed E-state index contributed by atoms with van der Waals surface area (Å²) in [4.78, 5) is 11.3. The zero-order valence-corrected chi connectivity index (χ0v) is 14.6. The Kier molecular flexibility index (Phi) is 5.64. The summed E-state index contributed by atoms with van der Waals surface area (Å²) in [6.45, 7) is 0. The largest absolute Gasteiger partial charge is 0.493 e. The number of carbonyl (C=O) groups is 1. The van der Waals surface area contributed by atoms with E-state index < -0.39 is 17.5 Å². The summed E-state index contributed by atoms with van der Waals surface area (Å²) in [5, 5.41) is 0. The second kappa shape index (κ2) is 7.55. The van der Waals surface area contributed by atoms with Crippen LogP contribution in [0.1, 0.15) is 10.4 Å². The van der Waals surface area contributed by atoms with Gasteiger partial charge < -0.3 is 18.9 Å². The number of ether oxygens (including phenoxy) is 4. The molecule has 0 saturated carbocycles. The summed E-state index contributed by atoms with van der Waals surface area (Å²) >= 11 is 0. The maximum atomic E-state index is 12.6. The zero-order valence-electron chi connectivity index (χ0n) is 14.6. The summed E-state index contributed by atoms with van der Waals surface area (Å²) in [6.07, 6.45) is -4.93. The number of hydrogen-bond donors (Lipinski definition) is 0. The fraction of sp³-hybridized carbons (Fsp3) is 0.278. The van der Waals surface area contributed by atoms with Crippen molar-refractivity contribution in [1.82, 2.24) is 0 Å². The monoisotopic (exact) mass is 370 g/mol. The van der Waals surface area contributed by atoms with E-state index in [4.69, 9.17) is 18.9 Å². The molecule has 0 aliphatic carbocycles. The van der Waals surface area contributed by atoms with E-state index in [0.717, 1.165) is 12.1 Å². The Balaban J connectivity index is 2.65. The van der Waals surface area contributed by atoms with Crippen LogP contribution in [-0.2, 0) is 0 Å². The molecule has 26 heavy (non-hydrogen) atoms. The standard InChI is InChI=1S/C18H17F3O5/c1-23-12-9-13(24-2)16(26-4)14(15(12)25-3)10-5-7-11(8-6-10)17(22)18(19,20)21/h5-9H,1-4H3. The van der Waals surface area contributed by atoms with Crippen molar-refractivity contribution >= 4 is 5.78 Å². The Morgan fingerprint density at radius 2 is 1.27 bits per heavy atom. The van der Waals surface area contributed by atoms with Crippen LogP contribution in [0.2, 0.25) is 0 Å². The maximum Gasteiger partial charge on any atom is 0.454 e. The average molecular weight is 370 g/mol. The quantitative estimate of drug-likeness (QED) is 0.716. The highest BCUT2D eigenvalue weighted by Crippen LogP contribution is 2.49. The lowest BCUT2D eigenvalue weighted by atomic mass is 9.99. The molecule has 0 aromatic heterocycles. The molecular formula is C18H17F3O5. The van der Waals surface area contributed by atoms with Crippen molar-refractivity contribution in [2.75, 3.05) is 28.4 Å². The van der Waals surface area contributed by atoms with Gasteiger partial charge in [-0.05, 0) is 5.56 Å². The number of ketones is 1. The second-order valence-corrected chi connectivity index (χ2v) is 5.13. The third-order valence-electron chi connectivity index (χ3n) is 3.71. The Morgan fingerprint density at radius 1 is 0.808 bits per heavy atom. The van der Waals surface area contributed by atoms with Crippen LogP contribution in [0.3, 0.4) is 0 Å². The second-order valence-electron chi connectivity index (χ2n) is 5.13. The normalized spacial score (nSPS) is 11.0. The molecule has 2 aromatic carbocycles. The third kappa shape index (κ3) is 3.54. The molecule has 0 unspecified atom stereocenters. The summed E-state index contributed by atoms with van der Waals surface area (Å²) in [7, 11) is 5.74. The van der Waals surface area contributed by atoms with Gasteiger partial charge >= 0.3 is 6.18 Å². The van der Waals surface area contributed by atoms with Gasteiger partial charge in [0.1, 0.15) is 0 Å². The van der Waals surface area contributed by atoms with Crippen LogP contribution in [0.5, 0.6) is 23.0 Å². The summed E-state index contributed by atoms with van der Waals surface area (Å²) in [6, 6.07) is 6.51. The fourth-order valence-corrected chi connectivity index (χ4v) is 2.52. The number of alkyl halides is 3. The number of methoxy groups -OCH3 is 4. The van der Waals surface area contributed by atoms with Gasteiger partial charge in [-0.15, -0.1) is 0 Å². The van der Waals surface area contributed by atoms with Crippen LogP contribution in [0.25, 0.3) is 11.1 Å². The minimum absolute atomic E-state index is 0.319. The lowest BCUT2D eigenvalue weighted by molar-refractivity contribution is -0.0885. The molecule has 8 heteroatoms. The number of hydrogen-bond acceptors (Lipinski definition) is 5. The van der Waals surface area contributed by atoms with E-state index in [0.29, 0.717) is 34.1 Å². The predicted molar refractivity (Wildman–Crippen MR) is 88.5 cm³/mol. The summed E-state index contributed by atoms with van der Waals surface area (Å²) in [5.74, 6) is -0.558. The molecule has 0 atom stereocenters. The first kappa shape index (κ1) is 19.4. The first-order valence-electron chi connectivity index (χ1n) is 7.37. The third-order valence-corrected chi connectivity index (χ3v) is 3.71. The lowest BCUT2D eigenvalue weighted by Crippen LogP contribution is -2.22. The van der Waals surface area contributed by atoms with Crippen molar-refractivity contribution in [1.29, 1.82) is 0 Å². The van der Waals surface area contributed by atoms with E-state index >= 15 is 0 Å². The minimum atomic E-state index is -4.93. The van der Waals surface area contributed by atoms with Crippen molar-refractivity contribution in [2.45, 2.75) is 6.18 Å². The van der Waals surface area contributed by atoms with Crippen LogP contribution in [0.4, 0.5) is 13.2 Å². The zero-order chi connectivity index (χ0) is 19.5. The maximum absolute atomic E-state index is 12.6. The highest BCUT2D eigenvalue weighted by molar-refractivity contribution is 6.00. The molecule has 0 saturated heterocycles. The average Bonchev–Trinajstić information content (AvgIpc) is 2.64. The topological polar surface area (TPSA) is 54.0 Å². The number of rotatable bonds is 6. The van der Waals surface area contributed by atoms with E-state index in [1.54, 1.807) is 6.07 Å². The highest BCUT2D eigenvalue weighted by Gasteiger charge is 2.39. The SMILES string of the molecule is COc1cc(OC)c(OC)c(-c2ccc(C(=O)C(F)(F)F)cc2)c1OC. The first-order chi connectivity index (χ1) is 12.3. The van der Waals surface area contributed by atoms with Gasteiger partial charge in [0, 0.05) is 11.6 Å². The minimum Gasteiger partial charge on any atom is -0.493 e. The van der Waals surface area contributed by atoms with Crippen molar-refractivity contribution in [3.05, 3.63) is 35.9 Å². The van der Waals surface area contributed by atoms with E-state index in [1.165, 1.54) is 40.6 Å². The van der Waals surface area contributed by atoms with Gasteiger partial charge in [0.05, 0.1) is 34.0 Å². The van der Waals surface area contributed by atoms with Crippen molar-refractivity contribution in [3.8, 4) is 34.1 Å². The molecule has 0 bridgehead atoms. The molecule has 140 valence electrons. The highest BCUT2D eigenvalue weighted by atomic mass is 19.4. The molecular weight excluding hydrogens is 353 g/mol. The molecule has 0 radical (unpaired) electrons. The molecule has 0 amide bonds. The number of carbonyl (C=O) groups excluding carboxylic acids is 1. The van der Waals surface area contributed by atoms with Gasteiger partial charge in [-0.2, -0.15) is 13.2 Å². The van der Waals surface area contributed by atoms with Gasteiger partial charge in [-0.3, -0.25) is 4.79 Å². The Labute approximate surface area is 148 Å². The number of Topliss-reactive ketones (excluding diaryl/α,β-unsaturated/α-hetero) is 1. The van der Waals surface area contributed by atoms with Gasteiger partial charge in [0.2, 0.25) is 0 Å². The fourth-order valence-electron chi connectivity index (χ4n) is 2.52. The Morgan fingerprint density at radius 3 is 1.62 bits per heavy atom. The smallest absolute Gasteiger partial charge is 0.454 e. The van der Waals surface area contributed by atoms with E-state index in [1.807, 2.05) is 0 Å². The van der Waals surface area contributed by atoms with Gasteiger partial charge in [-0.1, -0.05) is 24.3 Å². The molecule has 2 rings (SSSR count). The van der Waals surface area contributed by atoms with Crippen molar-refractivity contribution in [2.24, 2.45) is 0 Å².